The first-order valence-electron chi connectivity index (χ1n) is 35.4. The molecule has 18 heteroatoms. The Balaban J connectivity index is 4.79. The van der Waals surface area contributed by atoms with E-state index in [0.29, 0.717) is 19.3 Å². The Hall–Kier alpha value is -5.09. The molecule has 0 aromatic rings. The molecule has 0 saturated heterocycles. The number of hydrogen-bond donors (Lipinski definition) is 4. The van der Waals surface area contributed by atoms with Gasteiger partial charge in [-0.25, -0.2) is 9.13 Å². The zero-order valence-corrected chi connectivity index (χ0v) is 60.1. The molecule has 0 rings (SSSR count). The number of esters is 3. The van der Waals surface area contributed by atoms with Crippen LogP contribution in [0.2, 0.25) is 0 Å². The third-order valence-corrected chi connectivity index (χ3v) is 15.8. The first-order chi connectivity index (χ1) is 46.2. The normalized spacial score (nSPS) is 15.1. The fourth-order valence-electron chi connectivity index (χ4n) is 8.61. The summed E-state index contributed by atoms with van der Waals surface area (Å²) in [6.45, 7) is 2.22. The highest BCUT2D eigenvalue weighted by molar-refractivity contribution is 7.47. The van der Waals surface area contributed by atoms with E-state index in [2.05, 4.69) is 191 Å². The third-order valence-electron chi connectivity index (χ3n) is 13.9. The highest BCUT2D eigenvalue weighted by Crippen LogP contribution is 2.45. The van der Waals surface area contributed by atoms with E-state index in [1.807, 2.05) is 0 Å². The maximum absolute atomic E-state index is 13.0. The Morgan fingerprint density at radius 1 is 0.295 bits per heavy atom. The van der Waals surface area contributed by atoms with Crippen molar-refractivity contribution in [3.05, 3.63) is 170 Å². The monoisotopic (exact) mass is 1370 g/mol. The number of carbonyl (C=O) groups is 3. The SMILES string of the molecule is CC/C=C\C/C=C\C/C=C\C/C=C\C/C=C\CCCCCCCC(=O)OCC(O)COP(=O)(O)OCC(O)COP(=O)(O)OCC(COC(=O)CCCCC/C=C\C/C=C\C/C=C\C/C=C\C/C=C\CC)OC(=O)CCCCCCCC/C=C\C/C=C\C/C=C\C/C=C\CC. The molecule has 0 aromatic carbocycles. The lowest BCUT2D eigenvalue weighted by Gasteiger charge is -2.21. The Kier molecular flexibility index (Phi) is 65.1. The molecule has 5 unspecified atom stereocenters. The highest BCUT2D eigenvalue weighted by atomic mass is 31.2. The van der Waals surface area contributed by atoms with Crippen LogP contribution >= 0.6 is 15.6 Å². The topological polar surface area (TPSA) is 231 Å². The van der Waals surface area contributed by atoms with Crippen molar-refractivity contribution in [2.45, 2.75) is 257 Å². The van der Waals surface area contributed by atoms with Crippen molar-refractivity contribution < 1.29 is 75.8 Å². The van der Waals surface area contributed by atoms with Gasteiger partial charge in [0.2, 0.25) is 0 Å². The van der Waals surface area contributed by atoms with Crippen LogP contribution in [-0.4, -0.2) is 95.9 Å². The van der Waals surface area contributed by atoms with Gasteiger partial charge in [0.25, 0.3) is 0 Å². The minimum absolute atomic E-state index is 0.0730. The zero-order valence-electron chi connectivity index (χ0n) is 58.3. The average Bonchev–Trinajstić information content (AvgIpc) is 1.70. The van der Waals surface area contributed by atoms with E-state index in [0.717, 1.165) is 180 Å². The Morgan fingerprint density at radius 2 is 0.526 bits per heavy atom. The third kappa shape index (κ3) is 70.1. The standard InChI is InChI=1S/C77H124O16P2/c1-4-7-10-13-16-19-22-25-28-31-34-35-38-40-42-45-48-51-54-57-60-63-75(80)87-66-72(78)67-89-94(83,84)90-68-73(79)69-91-95(85,86)92-71-74(93-77(82)65-62-59-56-53-50-47-44-41-37-33-30-27-24-21-18-15-12-9-6-3)70-88-76(81)64-61-58-55-52-49-46-43-39-36-32-29-26-23-20-17-14-11-8-5-2/h7-12,16-21,25-30,34-37,39-42,46,49,72-74,78-79H,4-6,13-15,22-24,31-33,38,43-45,47-48,50-71H2,1-3H3,(H,83,84)(H,85,86)/b10-7-,11-8-,12-9-,19-16-,20-17-,21-18-,28-25-,29-26-,30-27-,35-34-,39-36-,41-37-,42-40-,49-46-. The predicted octanol–water partition coefficient (Wildman–Crippen LogP) is 20.1. The summed E-state index contributed by atoms with van der Waals surface area (Å²) in [4.78, 5) is 58.5. The van der Waals surface area contributed by atoms with Crippen LogP contribution in [0.3, 0.4) is 0 Å². The molecule has 0 amide bonds. The number of aliphatic hydroxyl groups is 2. The van der Waals surface area contributed by atoms with Crippen LogP contribution in [0.25, 0.3) is 0 Å². The lowest BCUT2D eigenvalue weighted by Crippen LogP contribution is -2.30. The largest absolute Gasteiger partial charge is 0.472 e. The van der Waals surface area contributed by atoms with Gasteiger partial charge >= 0.3 is 33.6 Å². The van der Waals surface area contributed by atoms with E-state index in [4.69, 9.17) is 32.3 Å². The molecule has 0 radical (unpaired) electrons. The van der Waals surface area contributed by atoms with Gasteiger partial charge in [0, 0.05) is 19.3 Å². The summed E-state index contributed by atoms with van der Waals surface area (Å²) in [5.74, 6) is -1.66. The van der Waals surface area contributed by atoms with E-state index in [-0.39, 0.29) is 19.3 Å². The average molecular weight is 1370 g/mol. The smallest absolute Gasteiger partial charge is 0.463 e. The van der Waals surface area contributed by atoms with Gasteiger partial charge in [-0.2, -0.15) is 0 Å². The fraction of sp³-hybridized carbons (Fsp3) is 0.597. The van der Waals surface area contributed by atoms with Gasteiger partial charge in [0.05, 0.1) is 26.4 Å². The molecule has 0 fully saturated rings. The lowest BCUT2D eigenvalue weighted by atomic mass is 10.1. The summed E-state index contributed by atoms with van der Waals surface area (Å²) in [5.41, 5.74) is 0. The number of aliphatic hydroxyl groups excluding tert-OH is 2. The molecule has 0 bridgehead atoms. The first kappa shape index (κ1) is 89.9. The zero-order chi connectivity index (χ0) is 69.5. The molecule has 5 atom stereocenters. The van der Waals surface area contributed by atoms with Crippen LogP contribution < -0.4 is 0 Å². The predicted molar refractivity (Wildman–Crippen MR) is 389 cm³/mol. The van der Waals surface area contributed by atoms with Crippen LogP contribution in [-0.2, 0) is 55.8 Å². The number of phosphoric acid groups is 2. The Labute approximate surface area is 573 Å². The Bertz CT molecular complexity index is 2410. The van der Waals surface area contributed by atoms with Crippen molar-refractivity contribution in [3.8, 4) is 0 Å². The van der Waals surface area contributed by atoms with Gasteiger partial charge in [-0.3, -0.25) is 32.5 Å². The number of hydrogen-bond acceptors (Lipinski definition) is 14. The van der Waals surface area contributed by atoms with E-state index in [9.17, 15) is 43.5 Å². The van der Waals surface area contributed by atoms with Crippen LogP contribution in [0, 0.1) is 0 Å². The highest BCUT2D eigenvalue weighted by Gasteiger charge is 2.29. The van der Waals surface area contributed by atoms with E-state index >= 15 is 0 Å². The van der Waals surface area contributed by atoms with Gasteiger partial charge in [0.15, 0.2) is 6.10 Å². The fourth-order valence-corrected chi connectivity index (χ4v) is 10.2. The summed E-state index contributed by atoms with van der Waals surface area (Å²) in [7, 11) is -9.82. The molecule has 95 heavy (non-hydrogen) atoms. The maximum atomic E-state index is 13.0. The molecular weight excluding hydrogens is 1240 g/mol. The minimum atomic E-state index is -4.95. The van der Waals surface area contributed by atoms with Gasteiger partial charge < -0.3 is 34.2 Å². The van der Waals surface area contributed by atoms with Crippen molar-refractivity contribution in [2.75, 3.05) is 39.6 Å². The van der Waals surface area contributed by atoms with Crippen molar-refractivity contribution in [3.63, 3.8) is 0 Å². The van der Waals surface area contributed by atoms with E-state index < -0.39 is 91.5 Å². The van der Waals surface area contributed by atoms with Crippen LogP contribution in [0.15, 0.2) is 170 Å². The molecule has 0 heterocycles. The second kappa shape index (κ2) is 68.8. The number of phosphoric ester groups is 2. The molecular formula is C77H124O16P2. The Morgan fingerprint density at radius 3 is 0.842 bits per heavy atom. The summed E-state index contributed by atoms with van der Waals surface area (Å²) in [6.07, 6.45) is 85.3. The first-order valence-corrected chi connectivity index (χ1v) is 38.4. The van der Waals surface area contributed by atoms with Gasteiger partial charge in [0.1, 0.15) is 25.4 Å². The van der Waals surface area contributed by atoms with Gasteiger partial charge in [-0.05, 0) is 148 Å². The molecule has 0 aliphatic heterocycles. The molecule has 0 saturated carbocycles. The summed E-state index contributed by atoms with van der Waals surface area (Å²) in [6, 6.07) is 0. The van der Waals surface area contributed by atoms with Crippen LogP contribution in [0.1, 0.15) is 239 Å². The van der Waals surface area contributed by atoms with Crippen molar-refractivity contribution in [2.24, 2.45) is 0 Å². The second-order valence-electron chi connectivity index (χ2n) is 22.9. The summed E-state index contributed by atoms with van der Waals surface area (Å²) >= 11 is 0. The molecule has 538 valence electrons. The molecule has 16 nitrogen and oxygen atoms in total. The van der Waals surface area contributed by atoms with Gasteiger partial charge in [-0.1, -0.05) is 242 Å². The van der Waals surface area contributed by atoms with Crippen molar-refractivity contribution >= 4 is 33.6 Å². The maximum Gasteiger partial charge on any atom is 0.472 e. The summed E-state index contributed by atoms with van der Waals surface area (Å²) < 4.78 is 60.9. The molecule has 4 N–H and O–H groups in total. The lowest BCUT2D eigenvalue weighted by molar-refractivity contribution is -0.161. The summed E-state index contributed by atoms with van der Waals surface area (Å²) in [5, 5.41) is 20.6. The molecule has 0 aliphatic rings. The number of rotatable bonds is 65. The van der Waals surface area contributed by atoms with Crippen LogP contribution in [0.5, 0.6) is 0 Å². The minimum Gasteiger partial charge on any atom is -0.463 e. The number of ether oxygens (including phenoxy) is 3. The number of unbranched alkanes of at least 4 members (excludes halogenated alkanes) is 14. The molecule has 0 aliphatic carbocycles. The quantitative estimate of drug-likeness (QED) is 0.0146. The van der Waals surface area contributed by atoms with E-state index in [1.54, 1.807) is 0 Å². The van der Waals surface area contributed by atoms with E-state index in [1.165, 1.54) is 0 Å². The molecule has 0 spiro atoms. The second-order valence-corrected chi connectivity index (χ2v) is 25.8. The van der Waals surface area contributed by atoms with Crippen molar-refractivity contribution in [1.82, 2.24) is 0 Å². The van der Waals surface area contributed by atoms with Crippen molar-refractivity contribution in [1.29, 1.82) is 0 Å². The molecule has 0 aromatic heterocycles. The number of allylic oxidation sites excluding steroid dienone is 28. The van der Waals surface area contributed by atoms with Crippen LogP contribution in [0.4, 0.5) is 0 Å². The number of carbonyl (C=O) groups excluding carboxylic acids is 3. The van der Waals surface area contributed by atoms with Gasteiger partial charge in [-0.15, -0.1) is 0 Å².